The quantitative estimate of drug-likeness (QED) is 0.895. The van der Waals surface area contributed by atoms with Gasteiger partial charge in [0.2, 0.25) is 0 Å². The maximum atomic E-state index is 11.9. The van der Waals surface area contributed by atoms with Crippen LogP contribution in [-0.2, 0) is 4.74 Å². The minimum absolute atomic E-state index is 0.256. The van der Waals surface area contributed by atoms with Crippen molar-refractivity contribution in [3.8, 4) is 0 Å². The van der Waals surface area contributed by atoms with Crippen molar-refractivity contribution in [2.24, 2.45) is 0 Å². The molecule has 1 saturated carbocycles. The van der Waals surface area contributed by atoms with E-state index in [0.29, 0.717) is 6.04 Å². The zero-order valence-electron chi connectivity index (χ0n) is 16.4. The van der Waals surface area contributed by atoms with Crippen LogP contribution in [0.3, 0.4) is 0 Å². The normalized spacial score (nSPS) is 25.0. The first-order valence-corrected chi connectivity index (χ1v) is 9.94. The van der Waals surface area contributed by atoms with Gasteiger partial charge < -0.3 is 15.0 Å². The van der Waals surface area contributed by atoms with E-state index in [2.05, 4.69) is 45.4 Å². The second-order valence-corrected chi connectivity index (χ2v) is 8.51. The molecule has 5 heteroatoms. The zero-order chi connectivity index (χ0) is 18.6. The fourth-order valence-corrected chi connectivity index (χ4v) is 4.04. The van der Waals surface area contributed by atoms with Crippen molar-refractivity contribution in [1.29, 1.82) is 0 Å². The molecule has 1 amide bonds. The van der Waals surface area contributed by atoms with Gasteiger partial charge in [0.25, 0.3) is 0 Å². The maximum Gasteiger partial charge on any atom is 0.407 e. The minimum atomic E-state index is -0.431. The number of nitrogens with zero attached hydrogens (tertiary/aromatic N) is 2. The Morgan fingerprint density at radius 3 is 2.19 bits per heavy atom. The van der Waals surface area contributed by atoms with Gasteiger partial charge in [-0.25, -0.2) is 4.79 Å². The van der Waals surface area contributed by atoms with Crippen molar-refractivity contribution >= 4 is 11.8 Å². The number of piperazine rings is 1. The van der Waals surface area contributed by atoms with Gasteiger partial charge in [-0.15, -0.1) is 0 Å². The molecule has 0 aromatic heterocycles. The van der Waals surface area contributed by atoms with Crippen LogP contribution in [0.5, 0.6) is 0 Å². The van der Waals surface area contributed by atoms with E-state index >= 15 is 0 Å². The number of alkyl carbamates (subject to hydrolysis) is 1. The number of carbonyl (C=O) groups excluding carboxylic acids is 1. The number of para-hydroxylation sites is 1. The van der Waals surface area contributed by atoms with Gasteiger partial charge in [-0.1, -0.05) is 18.2 Å². The fourth-order valence-electron chi connectivity index (χ4n) is 4.04. The fraction of sp³-hybridized carbons (Fsp3) is 0.667. The van der Waals surface area contributed by atoms with Crippen molar-refractivity contribution in [2.75, 3.05) is 31.1 Å². The number of nitrogens with one attached hydrogen (secondary N) is 1. The van der Waals surface area contributed by atoms with E-state index in [0.717, 1.165) is 51.9 Å². The van der Waals surface area contributed by atoms with Gasteiger partial charge in [-0.3, -0.25) is 4.90 Å². The monoisotopic (exact) mass is 359 g/mol. The zero-order valence-corrected chi connectivity index (χ0v) is 16.4. The van der Waals surface area contributed by atoms with E-state index in [1.54, 1.807) is 0 Å². The lowest BCUT2D eigenvalue weighted by Crippen LogP contribution is -2.52. The smallest absolute Gasteiger partial charge is 0.407 e. The van der Waals surface area contributed by atoms with Gasteiger partial charge in [0.05, 0.1) is 0 Å². The summed E-state index contributed by atoms with van der Waals surface area (Å²) in [7, 11) is 0. The summed E-state index contributed by atoms with van der Waals surface area (Å²) in [5.41, 5.74) is 0.900. The summed E-state index contributed by atoms with van der Waals surface area (Å²) < 4.78 is 5.37. The third-order valence-corrected chi connectivity index (χ3v) is 5.37. The molecule has 2 fully saturated rings. The minimum Gasteiger partial charge on any atom is -0.444 e. The highest BCUT2D eigenvalue weighted by Gasteiger charge is 2.29. The molecule has 1 N–H and O–H groups in total. The molecule has 5 nitrogen and oxygen atoms in total. The van der Waals surface area contributed by atoms with E-state index < -0.39 is 5.60 Å². The van der Waals surface area contributed by atoms with Crippen molar-refractivity contribution in [2.45, 2.75) is 64.1 Å². The number of anilines is 1. The van der Waals surface area contributed by atoms with Gasteiger partial charge >= 0.3 is 6.09 Å². The number of amides is 1. The Bertz CT molecular complexity index is 569. The molecule has 1 saturated heterocycles. The third kappa shape index (κ3) is 5.37. The molecular weight excluding hydrogens is 326 g/mol. The van der Waals surface area contributed by atoms with Crippen molar-refractivity contribution < 1.29 is 9.53 Å². The molecule has 0 radical (unpaired) electrons. The van der Waals surface area contributed by atoms with E-state index in [1.165, 1.54) is 5.69 Å². The van der Waals surface area contributed by atoms with Crippen LogP contribution in [0.25, 0.3) is 0 Å². The summed E-state index contributed by atoms with van der Waals surface area (Å²) in [6.07, 6.45) is 4.13. The lowest BCUT2D eigenvalue weighted by molar-refractivity contribution is 0.0475. The predicted molar refractivity (Wildman–Crippen MR) is 106 cm³/mol. The molecule has 0 spiro atoms. The molecule has 1 aromatic carbocycles. The Kier molecular flexibility index (Phi) is 6.07. The van der Waals surface area contributed by atoms with Crippen LogP contribution < -0.4 is 10.2 Å². The van der Waals surface area contributed by atoms with Crippen molar-refractivity contribution in [1.82, 2.24) is 10.2 Å². The molecule has 0 unspecified atom stereocenters. The number of carbonyl (C=O) groups is 1. The number of ether oxygens (including phenoxy) is 1. The molecule has 1 aliphatic heterocycles. The van der Waals surface area contributed by atoms with Crippen LogP contribution in [0, 0.1) is 0 Å². The van der Waals surface area contributed by atoms with E-state index in [-0.39, 0.29) is 12.1 Å². The number of rotatable bonds is 3. The molecule has 1 aliphatic carbocycles. The van der Waals surface area contributed by atoms with Gasteiger partial charge in [0, 0.05) is 44.0 Å². The van der Waals surface area contributed by atoms with Crippen LogP contribution in [0.2, 0.25) is 0 Å². The van der Waals surface area contributed by atoms with Crippen LogP contribution in [0.15, 0.2) is 30.3 Å². The van der Waals surface area contributed by atoms with Crippen molar-refractivity contribution in [3.63, 3.8) is 0 Å². The average molecular weight is 360 g/mol. The molecule has 26 heavy (non-hydrogen) atoms. The van der Waals surface area contributed by atoms with Gasteiger partial charge in [-0.2, -0.15) is 0 Å². The molecule has 3 rings (SSSR count). The molecular formula is C21H33N3O2. The number of hydrogen-bond donors (Lipinski definition) is 1. The van der Waals surface area contributed by atoms with Crippen LogP contribution >= 0.6 is 0 Å². The highest BCUT2D eigenvalue weighted by Crippen LogP contribution is 2.25. The topological polar surface area (TPSA) is 44.8 Å². The summed E-state index contributed by atoms with van der Waals surface area (Å²) in [5, 5.41) is 3.04. The summed E-state index contributed by atoms with van der Waals surface area (Å²) in [6, 6.07) is 11.6. The van der Waals surface area contributed by atoms with Crippen LogP contribution in [0.1, 0.15) is 46.5 Å². The molecule has 2 aliphatic rings. The van der Waals surface area contributed by atoms with E-state index in [4.69, 9.17) is 4.74 Å². The third-order valence-electron chi connectivity index (χ3n) is 5.37. The number of benzene rings is 1. The first kappa shape index (κ1) is 19.0. The first-order chi connectivity index (χ1) is 12.4. The molecule has 0 atom stereocenters. The Labute approximate surface area is 157 Å². The van der Waals surface area contributed by atoms with Crippen LogP contribution in [0.4, 0.5) is 10.5 Å². The Morgan fingerprint density at radius 2 is 1.62 bits per heavy atom. The molecule has 1 heterocycles. The highest BCUT2D eigenvalue weighted by molar-refractivity contribution is 5.68. The summed E-state index contributed by atoms with van der Waals surface area (Å²) >= 11 is 0. The highest BCUT2D eigenvalue weighted by atomic mass is 16.6. The average Bonchev–Trinajstić information content (AvgIpc) is 2.62. The lowest BCUT2D eigenvalue weighted by atomic mass is 9.90. The number of hydrogen-bond acceptors (Lipinski definition) is 4. The largest absolute Gasteiger partial charge is 0.444 e. The second-order valence-electron chi connectivity index (χ2n) is 8.51. The van der Waals surface area contributed by atoms with Crippen LogP contribution in [-0.4, -0.2) is 54.9 Å². The summed E-state index contributed by atoms with van der Waals surface area (Å²) in [4.78, 5) is 17.1. The van der Waals surface area contributed by atoms with E-state index in [9.17, 15) is 4.79 Å². The first-order valence-electron chi connectivity index (χ1n) is 9.94. The molecule has 144 valence electrons. The Morgan fingerprint density at radius 1 is 1.00 bits per heavy atom. The Hall–Kier alpha value is -1.75. The van der Waals surface area contributed by atoms with Gasteiger partial charge in [0.15, 0.2) is 0 Å². The predicted octanol–water partition coefficient (Wildman–Crippen LogP) is 3.64. The molecule has 1 aromatic rings. The summed E-state index contributed by atoms with van der Waals surface area (Å²) in [6.45, 7) is 10.2. The molecule has 0 bridgehead atoms. The standard InChI is InChI=1S/C21H33N3O2/c1-21(2,3)26-20(25)22-17-9-11-19(12-10-17)24-15-13-23(14-16-24)18-7-5-4-6-8-18/h4-8,17,19H,9-16H2,1-3H3,(H,22,25). The van der Waals surface area contributed by atoms with Gasteiger partial charge in [0.1, 0.15) is 5.60 Å². The van der Waals surface area contributed by atoms with Gasteiger partial charge in [-0.05, 0) is 58.6 Å². The second kappa shape index (κ2) is 8.30. The summed E-state index contributed by atoms with van der Waals surface area (Å²) in [5.74, 6) is 0. The SMILES string of the molecule is CC(C)(C)OC(=O)NC1CCC(N2CCN(c3ccccc3)CC2)CC1. The maximum absolute atomic E-state index is 11.9. The van der Waals surface area contributed by atoms with E-state index in [1.807, 2.05) is 20.8 Å². The van der Waals surface area contributed by atoms with Crippen molar-refractivity contribution in [3.05, 3.63) is 30.3 Å². The lowest BCUT2D eigenvalue weighted by Gasteiger charge is -2.42. The Balaban J connectivity index is 1.40.